The van der Waals surface area contributed by atoms with Crippen LogP contribution < -0.4 is 14.4 Å². The monoisotopic (exact) mass is 317 g/mol. The highest BCUT2D eigenvalue weighted by Crippen LogP contribution is 2.38. The van der Waals surface area contributed by atoms with Gasteiger partial charge in [-0.05, 0) is 12.1 Å². The lowest BCUT2D eigenvalue weighted by atomic mass is 10.2. The normalized spacial score (nSPS) is 21.2. The van der Waals surface area contributed by atoms with E-state index in [4.69, 9.17) is 14.7 Å². The smallest absolute Gasteiger partial charge is 0.237 e. The molecule has 0 saturated heterocycles. The molecule has 1 aromatic carbocycles. The van der Waals surface area contributed by atoms with Crippen LogP contribution in [-0.2, 0) is 4.79 Å². The van der Waals surface area contributed by atoms with Gasteiger partial charge in [0.1, 0.15) is 19.1 Å². The van der Waals surface area contributed by atoms with Crippen LogP contribution >= 0.6 is 0 Å². The minimum absolute atomic E-state index is 0.149. The second-order valence-electron chi connectivity index (χ2n) is 5.42. The summed E-state index contributed by atoms with van der Waals surface area (Å²) < 4.78 is 10.9. The molecule has 1 saturated carbocycles. The topological polar surface area (TPSA) is 106 Å². The lowest BCUT2D eigenvalue weighted by Crippen LogP contribution is -2.34. The number of amides is 1. The first-order valence-corrected chi connectivity index (χ1v) is 7.33. The molecule has 0 unspecified atom stereocenters. The number of fused-ring (bicyclic) bond motifs is 1. The van der Waals surface area contributed by atoms with Gasteiger partial charge in [0, 0.05) is 29.6 Å². The molecule has 1 fully saturated rings. The molecular formula is C15H15N3O5. The van der Waals surface area contributed by atoms with Crippen LogP contribution in [0.1, 0.15) is 12.8 Å². The van der Waals surface area contributed by atoms with Gasteiger partial charge in [0.25, 0.3) is 0 Å². The molecule has 0 N–H and O–H groups in total. The fourth-order valence-corrected chi connectivity index (χ4v) is 2.61. The van der Waals surface area contributed by atoms with E-state index in [1.165, 1.54) is 4.90 Å². The summed E-state index contributed by atoms with van der Waals surface area (Å²) in [5.41, 5.74) is 0.559. The van der Waals surface area contributed by atoms with Gasteiger partial charge in [-0.25, -0.2) is 0 Å². The molecule has 1 aromatic rings. The van der Waals surface area contributed by atoms with Gasteiger partial charge in [-0.1, -0.05) is 0 Å². The average Bonchev–Trinajstić information content (AvgIpc) is 3.36. The van der Waals surface area contributed by atoms with Gasteiger partial charge in [0.2, 0.25) is 11.9 Å². The molecule has 0 bridgehead atoms. The maximum Gasteiger partial charge on any atom is 0.237 e. The molecule has 2 atom stereocenters. The molecule has 8 heteroatoms. The van der Waals surface area contributed by atoms with Gasteiger partial charge in [0.05, 0.1) is 12.5 Å². The van der Waals surface area contributed by atoms with Crippen molar-refractivity contribution in [2.45, 2.75) is 18.9 Å². The highest BCUT2D eigenvalue weighted by molar-refractivity contribution is 5.97. The summed E-state index contributed by atoms with van der Waals surface area (Å²) in [5.74, 6) is 0.197. The van der Waals surface area contributed by atoms with Crippen LogP contribution in [0.25, 0.3) is 0 Å². The Morgan fingerprint density at radius 1 is 1.39 bits per heavy atom. The maximum atomic E-state index is 12.5. The number of carbonyl (C=O) groups is 1. The summed E-state index contributed by atoms with van der Waals surface area (Å²) in [5, 5.41) is 19.6. The predicted molar refractivity (Wildman–Crippen MR) is 78.9 cm³/mol. The van der Waals surface area contributed by atoms with E-state index in [1.807, 2.05) is 6.07 Å². The summed E-state index contributed by atoms with van der Waals surface area (Å²) in [7, 11) is 0. The Bertz CT molecular complexity index is 684. The minimum Gasteiger partial charge on any atom is -0.486 e. The van der Waals surface area contributed by atoms with Crippen molar-refractivity contribution >= 4 is 11.6 Å². The molecule has 2 aliphatic rings. The second kappa shape index (κ2) is 6.12. The minimum atomic E-state index is -0.815. The van der Waals surface area contributed by atoms with E-state index in [-0.39, 0.29) is 25.3 Å². The van der Waals surface area contributed by atoms with E-state index in [0.29, 0.717) is 30.4 Å². The summed E-state index contributed by atoms with van der Waals surface area (Å²) in [6.07, 6.45) is 0.398. The first-order valence-electron chi connectivity index (χ1n) is 7.33. The van der Waals surface area contributed by atoms with Crippen molar-refractivity contribution in [2.75, 3.05) is 24.7 Å². The van der Waals surface area contributed by atoms with E-state index in [2.05, 4.69) is 0 Å². The molecule has 8 nitrogen and oxygen atoms in total. The summed E-state index contributed by atoms with van der Waals surface area (Å²) >= 11 is 0. The van der Waals surface area contributed by atoms with Gasteiger partial charge < -0.3 is 14.4 Å². The number of nitriles is 1. The quantitative estimate of drug-likeness (QED) is 0.600. The van der Waals surface area contributed by atoms with Crippen LogP contribution in [0, 0.1) is 27.4 Å². The Balaban J connectivity index is 1.83. The van der Waals surface area contributed by atoms with Gasteiger partial charge in [-0.15, -0.1) is 0 Å². The van der Waals surface area contributed by atoms with E-state index in [1.54, 1.807) is 18.2 Å². The highest BCUT2D eigenvalue weighted by Gasteiger charge is 2.54. The van der Waals surface area contributed by atoms with Crippen molar-refractivity contribution in [2.24, 2.45) is 5.92 Å². The molecular weight excluding hydrogens is 302 g/mol. The Morgan fingerprint density at radius 2 is 2.13 bits per heavy atom. The number of rotatable bonds is 5. The van der Waals surface area contributed by atoms with Crippen molar-refractivity contribution in [3.8, 4) is 17.6 Å². The molecule has 3 rings (SSSR count). The van der Waals surface area contributed by atoms with Gasteiger partial charge in [-0.2, -0.15) is 5.26 Å². The lowest BCUT2D eigenvalue weighted by Gasteiger charge is -2.24. The summed E-state index contributed by atoms with van der Waals surface area (Å²) in [6, 6.07) is 6.26. The third-order valence-corrected chi connectivity index (χ3v) is 3.90. The first-order chi connectivity index (χ1) is 11.1. The molecule has 1 amide bonds. The molecule has 1 heterocycles. The zero-order chi connectivity index (χ0) is 16.4. The number of nitro groups is 1. The number of carbonyl (C=O) groups excluding carboxylic acids is 1. The van der Waals surface area contributed by atoms with Crippen molar-refractivity contribution in [3.63, 3.8) is 0 Å². The molecule has 1 aliphatic carbocycles. The van der Waals surface area contributed by atoms with E-state index in [0.717, 1.165) is 0 Å². The fraction of sp³-hybridized carbons (Fsp3) is 0.467. The van der Waals surface area contributed by atoms with Gasteiger partial charge in [-0.3, -0.25) is 14.9 Å². The molecule has 120 valence electrons. The van der Waals surface area contributed by atoms with E-state index >= 15 is 0 Å². The number of hydrogen-bond donors (Lipinski definition) is 0. The van der Waals surface area contributed by atoms with Crippen LogP contribution in [0.5, 0.6) is 11.5 Å². The molecule has 23 heavy (non-hydrogen) atoms. The Kier molecular flexibility index (Phi) is 4.02. The zero-order valence-electron chi connectivity index (χ0n) is 12.3. The van der Waals surface area contributed by atoms with Crippen LogP contribution in [0.3, 0.4) is 0 Å². The Labute approximate surface area is 132 Å². The van der Waals surface area contributed by atoms with Crippen molar-refractivity contribution in [1.82, 2.24) is 0 Å². The summed E-state index contributed by atoms with van der Waals surface area (Å²) in [4.78, 5) is 24.3. The first kappa shape index (κ1) is 15.1. The van der Waals surface area contributed by atoms with Gasteiger partial charge >= 0.3 is 0 Å². The van der Waals surface area contributed by atoms with Gasteiger partial charge in [0.15, 0.2) is 11.5 Å². The lowest BCUT2D eigenvalue weighted by molar-refractivity contribution is -0.497. The SMILES string of the molecule is N#CCCN(C(=O)[C@@H]1C[C@H]1[N+](=O)[O-])c1ccc2c(c1)OCCO2. The molecule has 0 aromatic heterocycles. The van der Waals surface area contributed by atoms with Crippen molar-refractivity contribution < 1.29 is 19.2 Å². The van der Waals surface area contributed by atoms with E-state index < -0.39 is 16.9 Å². The largest absolute Gasteiger partial charge is 0.486 e. The van der Waals surface area contributed by atoms with Crippen LogP contribution in [0.4, 0.5) is 5.69 Å². The summed E-state index contributed by atoms with van der Waals surface area (Å²) in [6.45, 7) is 1.08. The number of nitrogens with zero attached hydrogens (tertiary/aromatic N) is 3. The van der Waals surface area contributed by atoms with Crippen LogP contribution in [0.15, 0.2) is 18.2 Å². The third-order valence-electron chi connectivity index (χ3n) is 3.90. The Morgan fingerprint density at radius 3 is 2.78 bits per heavy atom. The number of ether oxygens (including phenoxy) is 2. The van der Waals surface area contributed by atoms with E-state index in [9.17, 15) is 14.9 Å². The third kappa shape index (κ3) is 3.04. The standard InChI is InChI=1S/C15H15N3O5/c16-4-1-5-17(15(19)11-9-12(11)18(20)21)10-2-3-13-14(8-10)23-7-6-22-13/h2-3,8,11-12H,1,5-7,9H2/t11-,12-/m1/s1. The van der Waals surface area contributed by atoms with Crippen molar-refractivity contribution in [3.05, 3.63) is 28.3 Å². The fourth-order valence-electron chi connectivity index (χ4n) is 2.61. The Hall–Kier alpha value is -2.82. The maximum absolute atomic E-state index is 12.5. The molecule has 1 aliphatic heterocycles. The predicted octanol–water partition coefficient (Wildman–Crippen LogP) is 1.37. The zero-order valence-corrected chi connectivity index (χ0v) is 12.3. The van der Waals surface area contributed by atoms with Crippen LogP contribution in [-0.4, -0.2) is 36.6 Å². The highest BCUT2D eigenvalue weighted by atomic mass is 16.6. The number of hydrogen-bond acceptors (Lipinski definition) is 6. The molecule has 0 radical (unpaired) electrons. The average molecular weight is 317 g/mol. The molecule has 0 spiro atoms. The number of anilines is 1. The van der Waals surface area contributed by atoms with Crippen LogP contribution in [0.2, 0.25) is 0 Å². The second-order valence-corrected chi connectivity index (χ2v) is 5.42. The number of benzene rings is 1. The van der Waals surface area contributed by atoms with Crippen molar-refractivity contribution in [1.29, 1.82) is 5.26 Å².